The van der Waals surface area contributed by atoms with Crippen LogP contribution in [0.2, 0.25) is 5.02 Å². The number of halogens is 2. The smallest absolute Gasteiger partial charge is 0.304 e. The maximum Gasteiger partial charge on any atom is 0.304 e. The molecule has 2 atom stereocenters. The van der Waals surface area contributed by atoms with Crippen molar-refractivity contribution in [1.82, 2.24) is 10.2 Å². The predicted molar refractivity (Wildman–Crippen MR) is 132 cm³/mol. The van der Waals surface area contributed by atoms with E-state index in [0.29, 0.717) is 35.9 Å². The van der Waals surface area contributed by atoms with Gasteiger partial charge in [-0.3, -0.25) is 9.69 Å². The molecule has 1 saturated heterocycles. The van der Waals surface area contributed by atoms with E-state index in [-0.39, 0.29) is 35.7 Å². The first-order chi connectivity index (χ1) is 16.3. The van der Waals surface area contributed by atoms with Crippen LogP contribution in [0.5, 0.6) is 5.75 Å². The van der Waals surface area contributed by atoms with Crippen molar-refractivity contribution in [3.63, 3.8) is 0 Å². The zero-order valence-corrected chi connectivity index (χ0v) is 20.7. The molecule has 2 fully saturated rings. The highest BCUT2D eigenvalue weighted by molar-refractivity contribution is 6.30. The van der Waals surface area contributed by atoms with Crippen LogP contribution in [0.3, 0.4) is 0 Å². The lowest BCUT2D eigenvalue weighted by Gasteiger charge is -2.45. The molecule has 0 bridgehead atoms. The van der Waals surface area contributed by atoms with Gasteiger partial charge in [-0.25, -0.2) is 4.39 Å². The first-order valence-corrected chi connectivity index (χ1v) is 12.5. The molecule has 0 amide bonds. The van der Waals surface area contributed by atoms with E-state index < -0.39 is 5.97 Å². The highest BCUT2D eigenvalue weighted by Gasteiger charge is 2.39. The Morgan fingerprint density at radius 3 is 2.59 bits per heavy atom. The number of carboxylic acid groups (broad SMARTS) is 1. The molecule has 184 valence electrons. The number of benzene rings is 2. The van der Waals surface area contributed by atoms with Gasteiger partial charge in [0.25, 0.3) is 0 Å². The summed E-state index contributed by atoms with van der Waals surface area (Å²) >= 11 is 6.34. The van der Waals surface area contributed by atoms with Crippen molar-refractivity contribution in [3.8, 4) is 5.75 Å². The fourth-order valence-corrected chi connectivity index (χ4v) is 5.91. The zero-order valence-electron chi connectivity index (χ0n) is 19.9. The number of aliphatic carboxylic acids is 1. The Kier molecular flexibility index (Phi) is 7.80. The van der Waals surface area contributed by atoms with Crippen molar-refractivity contribution >= 4 is 17.6 Å². The number of hydrogen-bond donors (Lipinski definition) is 2. The summed E-state index contributed by atoms with van der Waals surface area (Å²) < 4.78 is 21.3. The van der Waals surface area contributed by atoms with Crippen LogP contribution in [-0.4, -0.2) is 48.8 Å². The molecule has 0 aromatic heterocycles. The van der Waals surface area contributed by atoms with E-state index in [2.05, 4.69) is 48.6 Å². The van der Waals surface area contributed by atoms with E-state index in [0.717, 1.165) is 25.7 Å². The number of rotatable bonds is 8. The molecule has 0 spiro atoms. The first kappa shape index (κ1) is 25.0. The summed E-state index contributed by atoms with van der Waals surface area (Å²) in [5.74, 6) is -0.662. The van der Waals surface area contributed by atoms with Gasteiger partial charge in [0.05, 0.1) is 6.42 Å². The molecule has 2 N–H and O–H groups in total. The summed E-state index contributed by atoms with van der Waals surface area (Å²) in [6, 6.07) is 13.7. The van der Waals surface area contributed by atoms with Crippen molar-refractivity contribution in [1.29, 1.82) is 0 Å². The van der Waals surface area contributed by atoms with Gasteiger partial charge in [0.2, 0.25) is 0 Å². The molecule has 4 rings (SSSR count). The van der Waals surface area contributed by atoms with Crippen molar-refractivity contribution < 1.29 is 19.0 Å². The van der Waals surface area contributed by atoms with Crippen LogP contribution in [-0.2, 0) is 16.8 Å². The molecule has 1 saturated carbocycles. The predicted octanol–water partition coefficient (Wildman–Crippen LogP) is 5.25. The summed E-state index contributed by atoms with van der Waals surface area (Å²) in [5.41, 5.74) is 1.95. The SMILES string of the molecule is CN(C)[C@]1(c2ccccc2)CC[C@@H](Cc2cc(Cl)cc(O[C@@H]3CN[C@H](CC(=O)O)C3)c2F)CC1. The molecule has 1 heterocycles. The van der Waals surface area contributed by atoms with Crippen LogP contribution in [0.1, 0.15) is 49.7 Å². The largest absolute Gasteiger partial charge is 0.486 e. The highest BCUT2D eigenvalue weighted by Crippen LogP contribution is 2.44. The van der Waals surface area contributed by atoms with Crippen LogP contribution >= 0.6 is 11.6 Å². The van der Waals surface area contributed by atoms with Crippen LogP contribution in [0, 0.1) is 11.7 Å². The van der Waals surface area contributed by atoms with Crippen LogP contribution < -0.4 is 10.1 Å². The average molecular weight is 489 g/mol. The molecular weight excluding hydrogens is 455 g/mol. The van der Waals surface area contributed by atoms with E-state index in [1.165, 1.54) is 11.6 Å². The van der Waals surface area contributed by atoms with Crippen molar-refractivity contribution in [2.45, 2.75) is 62.6 Å². The Bertz CT molecular complexity index is 993. The Balaban J connectivity index is 1.42. The molecule has 0 unspecified atom stereocenters. The molecule has 7 heteroatoms. The summed E-state index contributed by atoms with van der Waals surface area (Å²) in [7, 11) is 4.29. The number of carbonyl (C=O) groups is 1. The molecule has 5 nitrogen and oxygen atoms in total. The van der Waals surface area contributed by atoms with E-state index in [1.807, 2.05) is 6.07 Å². The number of hydrogen-bond acceptors (Lipinski definition) is 4. The summed E-state index contributed by atoms with van der Waals surface area (Å²) in [4.78, 5) is 13.3. The standard InChI is InChI=1S/C27H34ClFN2O3/c1-31(2)27(20-6-4-3-5-7-20)10-8-18(9-11-27)12-19-13-21(28)14-24(26(19)29)34-23-15-22(30-17-23)16-25(32)33/h3-7,13-14,18,22-23,30H,8-12,15-17H2,1-2H3,(H,32,33)/t18-,22-,23-,27-/m0/s1. The molecule has 2 aliphatic rings. The lowest BCUT2D eigenvalue weighted by Crippen LogP contribution is -2.44. The molecule has 34 heavy (non-hydrogen) atoms. The Hall–Kier alpha value is -2.15. The Labute approximate surface area is 206 Å². The van der Waals surface area contributed by atoms with Gasteiger partial charge in [0.1, 0.15) is 6.10 Å². The number of nitrogens with one attached hydrogen (secondary N) is 1. The normalized spacial score (nSPS) is 27.1. The summed E-state index contributed by atoms with van der Waals surface area (Å²) in [6.07, 6.45) is 5.00. The molecule has 0 radical (unpaired) electrons. The van der Waals surface area contributed by atoms with Gasteiger partial charge in [-0.1, -0.05) is 41.9 Å². The third kappa shape index (κ3) is 5.56. The van der Waals surface area contributed by atoms with Gasteiger partial charge >= 0.3 is 5.97 Å². The third-order valence-electron chi connectivity index (χ3n) is 7.58. The fraction of sp³-hybridized carbons (Fsp3) is 0.519. The van der Waals surface area contributed by atoms with Crippen LogP contribution in [0.15, 0.2) is 42.5 Å². The minimum atomic E-state index is -0.854. The number of carboxylic acids is 1. The minimum Gasteiger partial charge on any atom is -0.486 e. The molecule has 1 aliphatic heterocycles. The molecular formula is C27H34ClFN2O3. The minimum absolute atomic E-state index is 0.0148. The second-order valence-corrected chi connectivity index (χ2v) is 10.4. The van der Waals surface area contributed by atoms with E-state index in [1.54, 1.807) is 6.07 Å². The second-order valence-electron chi connectivity index (χ2n) is 10.00. The third-order valence-corrected chi connectivity index (χ3v) is 7.80. The molecule has 2 aromatic rings. The Morgan fingerprint density at radius 1 is 1.24 bits per heavy atom. The first-order valence-electron chi connectivity index (χ1n) is 12.1. The lowest BCUT2D eigenvalue weighted by molar-refractivity contribution is -0.137. The van der Waals surface area contributed by atoms with Gasteiger partial charge < -0.3 is 15.2 Å². The molecule has 1 aliphatic carbocycles. The van der Waals surface area contributed by atoms with E-state index in [4.69, 9.17) is 21.4 Å². The van der Waals surface area contributed by atoms with Gasteiger partial charge in [0.15, 0.2) is 11.6 Å². The van der Waals surface area contributed by atoms with Gasteiger partial charge in [0, 0.05) is 35.6 Å². The maximum atomic E-state index is 15.4. The van der Waals surface area contributed by atoms with Gasteiger partial charge in [-0.05, 0) is 69.3 Å². The quantitative estimate of drug-likeness (QED) is 0.531. The number of ether oxygens (including phenoxy) is 1. The van der Waals surface area contributed by atoms with Crippen LogP contribution in [0.4, 0.5) is 4.39 Å². The highest BCUT2D eigenvalue weighted by atomic mass is 35.5. The van der Waals surface area contributed by atoms with Crippen molar-refractivity contribution in [2.75, 3.05) is 20.6 Å². The monoisotopic (exact) mass is 488 g/mol. The maximum absolute atomic E-state index is 15.4. The second kappa shape index (κ2) is 10.6. The lowest BCUT2D eigenvalue weighted by atomic mass is 9.70. The Morgan fingerprint density at radius 2 is 1.94 bits per heavy atom. The zero-order chi connectivity index (χ0) is 24.3. The summed E-state index contributed by atoms with van der Waals surface area (Å²) in [5, 5.41) is 12.6. The van der Waals surface area contributed by atoms with E-state index >= 15 is 4.39 Å². The van der Waals surface area contributed by atoms with Gasteiger partial charge in [-0.15, -0.1) is 0 Å². The van der Waals surface area contributed by atoms with Crippen LogP contribution in [0.25, 0.3) is 0 Å². The van der Waals surface area contributed by atoms with E-state index in [9.17, 15) is 4.79 Å². The molecule has 2 aromatic carbocycles. The fourth-order valence-electron chi connectivity index (χ4n) is 5.68. The summed E-state index contributed by atoms with van der Waals surface area (Å²) in [6.45, 7) is 0.494. The topological polar surface area (TPSA) is 61.8 Å². The van der Waals surface area contributed by atoms with Crippen molar-refractivity contribution in [3.05, 3.63) is 64.4 Å². The number of nitrogens with zero attached hydrogens (tertiary/aromatic N) is 1. The van der Waals surface area contributed by atoms with Gasteiger partial charge in [-0.2, -0.15) is 0 Å². The average Bonchev–Trinajstić information content (AvgIpc) is 3.24. The van der Waals surface area contributed by atoms with Crippen molar-refractivity contribution in [2.24, 2.45) is 5.92 Å².